The van der Waals surface area contributed by atoms with Gasteiger partial charge in [0, 0.05) is 10.8 Å². The number of carbonyl (C=O) groups is 1. The van der Waals surface area contributed by atoms with E-state index in [9.17, 15) is 9.59 Å². The summed E-state index contributed by atoms with van der Waals surface area (Å²) in [5, 5.41) is 1.81. The van der Waals surface area contributed by atoms with E-state index in [-0.39, 0.29) is 17.9 Å². The first kappa shape index (κ1) is 20.3. The molecule has 0 fully saturated rings. The number of hydrogen-bond acceptors (Lipinski definition) is 4. The number of benzene rings is 4. The van der Waals surface area contributed by atoms with Crippen LogP contribution in [0.25, 0.3) is 32.0 Å². The predicted octanol–water partition coefficient (Wildman–Crippen LogP) is 6.13. The highest BCUT2D eigenvalue weighted by molar-refractivity contribution is 7.22. The number of fused-ring (bicyclic) bond motifs is 3. The first-order chi connectivity index (χ1) is 16.7. The van der Waals surface area contributed by atoms with E-state index in [1.165, 1.54) is 11.3 Å². The molecule has 0 radical (unpaired) electrons. The van der Waals surface area contributed by atoms with Gasteiger partial charge in [-0.05, 0) is 48.5 Å². The highest BCUT2D eigenvalue weighted by Gasteiger charge is 2.23. The second-order valence-electron chi connectivity index (χ2n) is 7.98. The minimum atomic E-state index is -0.135. The lowest BCUT2D eigenvalue weighted by Gasteiger charge is -2.22. The number of carbonyl (C=O) groups excluding carboxylic acids is 1. The Labute approximate surface area is 199 Å². The van der Waals surface area contributed by atoms with E-state index in [0.29, 0.717) is 15.9 Å². The van der Waals surface area contributed by atoms with E-state index in [4.69, 9.17) is 4.98 Å². The van der Waals surface area contributed by atoms with E-state index in [0.717, 1.165) is 26.9 Å². The number of aromatic nitrogens is 2. The third kappa shape index (κ3) is 3.36. The minimum Gasteiger partial charge on any atom is -0.331 e. The molecule has 2 aromatic heterocycles. The second-order valence-corrected chi connectivity index (χ2v) is 8.99. The van der Waals surface area contributed by atoms with Gasteiger partial charge >= 0.3 is 0 Å². The molecule has 0 bridgehead atoms. The van der Waals surface area contributed by atoms with Crippen LogP contribution in [0.3, 0.4) is 0 Å². The molecule has 0 aliphatic heterocycles. The number of anilines is 2. The van der Waals surface area contributed by atoms with Crippen molar-refractivity contribution in [1.29, 1.82) is 0 Å². The molecule has 6 aromatic rings. The summed E-state index contributed by atoms with van der Waals surface area (Å²) in [7, 11) is 0. The van der Waals surface area contributed by atoms with Crippen LogP contribution >= 0.6 is 11.3 Å². The summed E-state index contributed by atoms with van der Waals surface area (Å²) < 4.78 is 2.95. The number of thiazole rings is 1. The van der Waals surface area contributed by atoms with Gasteiger partial charge in [-0.1, -0.05) is 65.9 Å². The fourth-order valence-corrected chi connectivity index (χ4v) is 5.35. The molecule has 0 saturated heterocycles. The molecule has 0 aliphatic carbocycles. The lowest BCUT2D eigenvalue weighted by molar-refractivity contribution is -0.118. The van der Waals surface area contributed by atoms with Gasteiger partial charge in [0.05, 0.1) is 26.9 Å². The molecule has 1 amide bonds. The largest absolute Gasteiger partial charge is 0.331 e. The minimum absolute atomic E-state index is 0.0269. The van der Waals surface area contributed by atoms with Gasteiger partial charge in [-0.15, -0.1) is 0 Å². The molecule has 0 spiro atoms. The van der Waals surface area contributed by atoms with Crippen molar-refractivity contribution >= 4 is 60.1 Å². The van der Waals surface area contributed by atoms with Crippen molar-refractivity contribution in [3.05, 3.63) is 113 Å². The molecule has 0 saturated carbocycles. The average molecular weight is 462 g/mol. The SMILES string of the molecule is O=C(Cn1c2ccccc2c(=O)c2ccccc21)N(c1ccccc1)c1nc2ccccc2s1. The molecular weight excluding hydrogens is 442 g/mol. The van der Waals surface area contributed by atoms with Crippen molar-refractivity contribution in [2.75, 3.05) is 4.90 Å². The lowest BCUT2D eigenvalue weighted by Crippen LogP contribution is -2.30. The maximum atomic E-state index is 14.0. The summed E-state index contributed by atoms with van der Waals surface area (Å²) in [4.78, 5) is 33.5. The van der Waals surface area contributed by atoms with E-state index in [2.05, 4.69) is 0 Å². The van der Waals surface area contributed by atoms with Crippen LogP contribution in [0.4, 0.5) is 10.8 Å². The van der Waals surface area contributed by atoms with E-state index >= 15 is 0 Å². The monoisotopic (exact) mass is 461 g/mol. The molecule has 6 heteroatoms. The normalized spacial score (nSPS) is 11.3. The van der Waals surface area contributed by atoms with Crippen molar-refractivity contribution in [3.63, 3.8) is 0 Å². The summed E-state index contributed by atoms with van der Waals surface area (Å²) >= 11 is 1.48. The van der Waals surface area contributed by atoms with Gasteiger partial charge in [0.15, 0.2) is 10.6 Å². The van der Waals surface area contributed by atoms with Crippen LogP contribution in [0.5, 0.6) is 0 Å². The van der Waals surface area contributed by atoms with Crippen LogP contribution in [0.15, 0.2) is 108 Å². The predicted molar refractivity (Wildman–Crippen MR) is 139 cm³/mol. The number of pyridine rings is 1. The zero-order valence-electron chi connectivity index (χ0n) is 18.1. The smallest absolute Gasteiger partial charge is 0.253 e. The van der Waals surface area contributed by atoms with Crippen LogP contribution < -0.4 is 10.3 Å². The van der Waals surface area contributed by atoms with Crippen molar-refractivity contribution < 1.29 is 4.79 Å². The quantitative estimate of drug-likeness (QED) is 0.297. The number of amides is 1. The number of hydrogen-bond donors (Lipinski definition) is 0. The van der Waals surface area contributed by atoms with Crippen molar-refractivity contribution in [2.24, 2.45) is 0 Å². The Hall–Kier alpha value is -4.29. The fraction of sp³-hybridized carbons (Fsp3) is 0.0357. The molecule has 5 nitrogen and oxygen atoms in total. The molecule has 164 valence electrons. The average Bonchev–Trinajstić information content (AvgIpc) is 3.31. The van der Waals surface area contributed by atoms with Gasteiger partial charge in [0.25, 0.3) is 5.91 Å². The molecule has 6 rings (SSSR count). The van der Waals surface area contributed by atoms with Crippen LogP contribution in [0.2, 0.25) is 0 Å². The summed E-state index contributed by atoms with van der Waals surface area (Å²) in [6.45, 7) is 0.0616. The van der Waals surface area contributed by atoms with Crippen LogP contribution in [0.1, 0.15) is 0 Å². The summed E-state index contributed by atoms with van der Waals surface area (Å²) in [6.07, 6.45) is 0. The Kier molecular flexibility index (Phi) is 4.93. The second kappa shape index (κ2) is 8.24. The zero-order chi connectivity index (χ0) is 23.1. The molecule has 34 heavy (non-hydrogen) atoms. The maximum Gasteiger partial charge on any atom is 0.253 e. The Bertz CT molecular complexity index is 1640. The summed E-state index contributed by atoms with van der Waals surface area (Å²) in [5.74, 6) is -0.135. The van der Waals surface area contributed by atoms with E-state index < -0.39 is 0 Å². The molecule has 0 unspecified atom stereocenters. The summed E-state index contributed by atoms with van der Waals surface area (Å²) in [5.41, 5.74) is 3.05. The van der Waals surface area contributed by atoms with Gasteiger partial charge in [-0.25, -0.2) is 4.98 Å². The van der Waals surface area contributed by atoms with Gasteiger partial charge in [-0.2, -0.15) is 0 Å². The molecule has 2 heterocycles. The zero-order valence-corrected chi connectivity index (χ0v) is 18.9. The summed E-state index contributed by atoms with van der Waals surface area (Å²) in [6, 6.07) is 32.3. The fourth-order valence-electron chi connectivity index (χ4n) is 4.35. The number of rotatable bonds is 4. The maximum absolute atomic E-state index is 14.0. The molecule has 0 aliphatic rings. The number of para-hydroxylation sites is 4. The van der Waals surface area contributed by atoms with Gasteiger partial charge in [0.1, 0.15) is 6.54 Å². The third-order valence-corrected chi connectivity index (χ3v) is 6.93. The van der Waals surface area contributed by atoms with E-state index in [1.807, 2.05) is 108 Å². The first-order valence-electron chi connectivity index (χ1n) is 10.9. The molecular formula is C28H19N3O2S. The lowest BCUT2D eigenvalue weighted by atomic mass is 10.1. The standard InChI is InChI=1S/C28H19N3O2S/c32-26(18-30-23-15-7-4-12-20(23)27(33)21-13-5-8-16-24(21)30)31(19-10-2-1-3-11-19)28-29-22-14-6-9-17-25(22)34-28/h1-17H,18H2. The van der Waals surface area contributed by atoms with Gasteiger partial charge < -0.3 is 4.57 Å². The Morgan fingerprint density at radius 3 is 2.03 bits per heavy atom. The Morgan fingerprint density at radius 2 is 1.35 bits per heavy atom. The Balaban J connectivity index is 1.53. The first-order valence-corrected chi connectivity index (χ1v) is 11.8. The van der Waals surface area contributed by atoms with Crippen LogP contribution in [-0.4, -0.2) is 15.5 Å². The highest BCUT2D eigenvalue weighted by atomic mass is 32.1. The van der Waals surface area contributed by atoms with Gasteiger partial charge in [0.2, 0.25) is 0 Å². The van der Waals surface area contributed by atoms with Crippen molar-refractivity contribution in [1.82, 2.24) is 9.55 Å². The van der Waals surface area contributed by atoms with Crippen molar-refractivity contribution in [3.8, 4) is 0 Å². The van der Waals surface area contributed by atoms with Crippen LogP contribution in [-0.2, 0) is 11.3 Å². The van der Waals surface area contributed by atoms with Gasteiger partial charge in [-0.3, -0.25) is 14.5 Å². The van der Waals surface area contributed by atoms with E-state index in [1.54, 1.807) is 4.90 Å². The Morgan fingerprint density at radius 1 is 0.765 bits per heavy atom. The van der Waals surface area contributed by atoms with Crippen LogP contribution in [0, 0.1) is 0 Å². The number of nitrogens with zero attached hydrogens (tertiary/aromatic N) is 3. The molecule has 4 aromatic carbocycles. The highest BCUT2D eigenvalue weighted by Crippen LogP contribution is 2.34. The topological polar surface area (TPSA) is 55.2 Å². The molecule has 0 atom stereocenters. The van der Waals surface area contributed by atoms with Crippen molar-refractivity contribution in [2.45, 2.75) is 6.54 Å². The third-order valence-electron chi connectivity index (χ3n) is 5.91. The molecule has 0 N–H and O–H groups in total.